The van der Waals surface area contributed by atoms with Gasteiger partial charge in [-0.2, -0.15) is 13.2 Å². The predicted octanol–water partition coefficient (Wildman–Crippen LogP) is 2.51. The van der Waals surface area contributed by atoms with E-state index in [0.717, 1.165) is 12.1 Å². The SMILES string of the molecule is CN(C)C(=S)Oc1ccc(C(O)C(F)(F)F)cc1. The van der Waals surface area contributed by atoms with E-state index in [1.54, 1.807) is 19.0 Å². The van der Waals surface area contributed by atoms with Gasteiger partial charge in [0.25, 0.3) is 5.17 Å². The van der Waals surface area contributed by atoms with Crippen LogP contribution in [0.15, 0.2) is 24.3 Å². The maximum atomic E-state index is 12.2. The minimum atomic E-state index is -4.68. The van der Waals surface area contributed by atoms with Crippen molar-refractivity contribution in [2.24, 2.45) is 0 Å². The number of alkyl halides is 3. The van der Waals surface area contributed by atoms with Crippen LogP contribution in [-0.2, 0) is 0 Å². The minimum absolute atomic E-state index is 0.194. The molecule has 0 bridgehead atoms. The Hall–Kier alpha value is -1.34. The van der Waals surface area contributed by atoms with Crippen LogP contribution in [0.1, 0.15) is 11.7 Å². The Morgan fingerprint density at radius 1 is 1.28 bits per heavy atom. The molecule has 18 heavy (non-hydrogen) atoms. The molecule has 0 saturated heterocycles. The van der Waals surface area contributed by atoms with Gasteiger partial charge in [-0.3, -0.25) is 0 Å². The van der Waals surface area contributed by atoms with E-state index in [1.165, 1.54) is 12.1 Å². The van der Waals surface area contributed by atoms with Gasteiger partial charge in [0.2, 0.25) is 0 Å². The largest absolute Gasteiger partial charge is 0.432 e. The molecule has 100 valence electrons. The first-order valence-corrected chi connectivity index (χ1v) is 5.36. The summed E-state index contributed by atoms with van der Waals surface area (Å²) in [4.78, 5) is 1.55. The topological polar surface area (TPSA) is 32.7 Å². The number of ether oxygens (including phenoxy) is 1. The summed E-state index contributed by atoms with van der Waals surface area (Å²) in [6, 6.07) is 4.93. The van der Waals surface area contributed by atoms with Crippen molar-refractivity contribution in [1.82, 2.24) is 4.90 Å². The Kier molecular flexibility index (Phi) is 4.53. The highest BCUT2D eigenvalue weighted by atomic mass is 32.1. The first kappa shape index (κ1) is 14.7. The zero-order chi connectivity index (χ0) is 13.9. The molecule has 0 spiro atoms. The highest BCUT2D eigenvalue weighted by Gasteiger charge is 2.39. The van der Waals surface area contributed by atoms with Crippen molar-refractivity contribution < 1.29 is 23.0 Å². The van der Waals surface area contributed by atoms with Gasteiger partial charge in [-0.15, -0.1) is 0 Å². The lowest BCUT2D eigenvalue weighted by atomic mass is 10.1. The monoisotopic (exact) mass is 279 g/mol. The molecule has 0 saturated carbocycles. The standard InChI is InChI=1S/C11H12F3NO2S/c1-15(2)10(18)17-8-5-3-7(4-6-8)9(16)11(12,13)14/h3-6,9,16H,1-2H3. The number of aliphatic hydroxyl groups excluding tert-OH is 1. The van der Waals surface area contributed by atoms with E-state index in [4.69, 9.17) is 22.1 Å². The molecular weight excluding hydrogens is 267 g/mol. The van der Waals surface area contributed by atoms with E-state index in [0.29, 0.717) is 5.75 Å². The fourth-order valence-electron chi connectivity index (χ4n) is 1.10. The van der Waals surface area contributed by atoms with Crippen LogP contribution in [0.3, 0.4) is 0 Å². The Morgan fingerprint density at radius 2 is 1.78 bits per heavy atom. The van der Waals surface area contributed by atoms with Crippen molar-refractivity contribution in [3.05, 3.63) is 29.8 Å². The van der Waals surface area contributed by atoms with Crippen LogP contribution in [0.25, 0.3) is 0 Å². The van der Waals surface area contributed by atoms with E-state index in [-0.39, 0.29) is 10.7 Å². The highest BCUT2D eigenvalue weighted by molar-refractivity contribution is 7.80. The Morgan fingerprint density at radius 3 is 2.17 bits per heavy atom. The van der Waals surface area contributed by atoms with Gasteiger partial charge in [0.05, 0.1) is 0 Å². The average molecular weight is 279 g/mol. The molecule has 0 heterocycles. The van der Waals surface area contributed by atoms with Gasteiger partial charge in [0.1, 0.15) is 5.75 Å². The summed E-state index contributed by atoms with van der Waals surface area (Å²) in [7, 11) is 3.37. The molecule has 0 aromatic heterocycles. The van der Waals surface area contributed by atoms with Crippen LogP contribution in [-0.4, -0.2) is 35.5 Å². The number of hydrogen-bond acceptors (Lipinski definition) is 3. The summed E-state index contributed by atoms with van der Waals surface area (Å²) >= 11 is 4.88. The van der Waals surface area contributed by atoms with Gasteiger partial charge in [-0.05, 0) is 29.9 Å². The zero-order valence-electron chi connectivity index (χ0n) is 9.73. The van der Waals surface area contributed by atoms with Crippen molar-refractivity contribution in [2.45, 2.75) is 12.3 Å². The summed E-state index contributed by atoms with van der Waals surface area (Å²) in [5.74, 6) is 0.312. The zero-order valence-corrected chi connectivity index (χ0v) is 10.5. The molecule has 3 nitrogen and oxygen atoms in total. The number of benzene rings is 1. The van der Waals surface area contributed by atoms with E-state index >= 15 is 0 Å². The van der Waals surface area contributed by atoms with Gasteiger partial charge < -0.3 is 14.7 Å². The second-order valence-corrected chi connectivity index (χ2v) is 4.12. The summed E-state index contributed by atoms with van der Waals surface area (Å²) < 4.78 is 41.9. The van der Waals surface area contributed by atoms with E-state index in [1.807, 2.05) is 0 Å². The van der Waals surface area contributed by atoms with Crippen LogP contribution < -0.4 is 4.74 Å². The number of rotatable bonds is 2. The lowest BCUT2D eigenvalue weighted by Crippen LogP contribution is -2.25. The van der Waals surface area contributed by atoms with Gasteiger partial charge in [-0.25, -0.2) is 0 Å². The maximum Gasteiger partial charge on any atom is 0.418 e. The van der Waals surface area contributed by atoms with E-state index < -0.39 is 12.3 Å². The Bertz CT molecular complexity index is 417. The lowest BCUT2D eigenvalue weighted by Gasteiger charge is -2.16. The van der Waals surface area contributed by atoms with Gasteiger partial charge in [-0.1, -0.05) is 12.1 Å². The Labute approximate surface area is 108 Å². The number of hydrogen-bond donors (Lipinski definition) is 1. The second-order valence-electron chi connectivity index (χ2n) is 3.78. The molecule has 1 unspecified atom stereocenters. The van der Waals surface area contributed by atoms with Crippen molar-refractivity contribution in [1.29, 1.82) is 0 Å². The Balaban J connectivity index is 2.78. The molecule has 1 N–H and O–H groups in total. The van der Waals surface area contributed by atoms with E-state index in [2.05, 4.69) is 0 Å². The molecule has 0 aliphatic carbocycles. The molecule has 1 atom stereocenters. The van der Waals surface area contributed by atoms with E-state index in [9.17, 15) is 13.2 Å². The van der Waals surface area contributed by atoms with Crippen LogP contribution in [0.5, 0.6) is 5.75 Å². The lowest BCUT2D eigenvalue weighted by molar-refractivity contribution is -0.206. The van der Waals surface area contributed by atoms with Crippen LogP contribution in [0.2, 0.25) is 0 Å². The summed E-state index contributed by atoms with van der Waals surface area (Å²) in [5.41, 5.74) is -0.245. The number of nitrogens with zero attached hydrogens (tertiary/aromatic N) is 1. The second kappa shape index (κ2) is 5.53. The number of thiocarbonyl (C=S) groups is 1. The summed E-state index contributed by atoms with van der Waals surface area (Å²) in [5, 5.41) is 9.21. The maximum absolute atomic E-state index is 12.2. The highest BCUT2D eigenvalue weighted by Crippen LogP contribution is 2.32. The van der Waals surface area contributed by atoms with Crippen molar-refractivity contribution >= 4 is 17.4 Å². The van der Waals surface area contributed by atoms with Crippen molar-refractivity contribution in [3.8, 4) is 5.75 Å². The normalized spacial score (nSPS) is 13.0. The number of aliphatic hydroxyl groups is 1. The molecule has 7 heteroatoms. The average Bonchev–Trinajstić information content (AvgIpc) is 2.27. The summed E-state index contributed by atoms with van der Waals surface area (Å²) in [6.07, 6.45) is -7.17. The minimum Gasteiger partial charge on any atom is -0.432 e. The molecule has 1 aromatic rings. The van der Waals surface area contributed by atoms with Gasteiger partial charge in [0.15, 0.2) is 6.10 Å². The quantitative estimate of drug-likeness (QED) is 0.843. The third kappa shape index (κ3) is 3.85. The fraction of sp³-hybridized carbons (Fsp3) is 0.364. The molecule has 0 amide bonds. The van der Waals surface area contributed by atoms with Crippen molar-refractivity contribution in [3.63, 3.8) is 0 Å². The van der Waals surface area contributed by atoms with Crippen LogP contribution in [0.4, 0.5) is 13.2 Å². The predicted molar refractivity (Wildman–Crippen MR) is 64.4 cm³/mol. The van der Waals surface area contributed by atoms with Crippen LogP contribution >= 0.6 is 12.2 Å². The first-order chi connectivity index (χ1) is 8.21. The van der Waals surface area contributed by atoms with Crippen molar-refractivity contribution in [2.75, 3.05) is 14.1 Å². The van der Waals surface area contributed by atoms with Gasteiger partial charge in [0, 0.05) is 14.1 Å². The van der Waals surface area contributed by atoms with Gasteiger partial charge >= 0.3 is 6.18 Å². The molecule has 1 rings (SSSR count). The molecule has 0 aliphatic heterocycles. The first-order valence-electron chi connectivity index (χ1n) is 4.95. The molecular formula is C11H12F3NO2S. The summed E-state index contributed by atoms with van der Waals surface area (Å²) in [6.45, 7) is 0. The number of halogens is 3. The van der Waals surface area contributed by atoms with Crippen LogP contribution in [0, 0.1) is 0 Å². The molecule has 0 aliphatic rings. The third-order valence-corrected chi connectivity index (χ3v) is 2.52. The third-order valence-electron chi connectivity index (χ3n) is 2.08. The molecule has 0 fully saturated rings. The fourth-order valence-corrected chi connectivity index (χ4v) is 1.20. The molecule has 0 radical (unpaired) electrons. The molecule has 1 aromatic carbocycles. The smallest absolute Gasteiger partial charge is 0.418 e.